The molecule has 0 aromatic heterocycles. The summed E-state index contributed by atoms with van der Waals surface area (Å²) in [5.74, 6) is 0. The molecule has 15 heavy (non-hydrogen) atoms. The van der Waals surface area contributed by atoms with E-state index in [4.69, 9.17) is 0 Å². The van der Waals surface area contributed by atoms with Crippen LogP contribution in [0, 0.1) is 0 Å². The van der Waals surface area contributed by atoms with E-state index in [1.807, 2.05) is 0 Å². The van der Waals surface area contributed by atoms with Crippen molar-refractivity contribution in [1.29, 1.82) is 0 Å². The fraction of sp³-hybridized carbons (Fsp3) is 0.600. The van der Waals surface area contributed by atoms with Crippen LogP contribution in [0.25, 0.3) is 0 Å². The Balaban J connectivity index is 2.25. The highest BCUT2D eigenvalue weighted by molar-refractivity contribution is 5.10. The largest absolute Gasteiger partial charge is 0.0845 e. The quantitative estimate of drug-likeness (QED) is 0.510. The molecule has 0 saturated heterocycles. The van der Waals surface area contributed by atoms with Crippen molar-refractivity contribution in [2.75, 3.05) is 0 Å². The molecule has 0 aliphatic heterocycles. The van der Waals surface area contributed by atoms with E-state index in [0.717, 1.165) is 0 Å². The first kappa shape index (κ1) is 12.3. The molecule has 0 spiro atoms. The van der Waals surface area contributed by atoms with Crippen molar-refractivity contribution in [3.05, 3.63) is 36.5 Å². The normalized spacial score (nSPS) is 27.2. The summed E-state index contributed by atoms with van der Waals surface area (Å²) in [7, 11) is 0. The lowest BCUT2D eigenvalue weighted by atomic mass is 10.1. The minimum Gasteiger partial charge on any atom is -0.0845 e. The molecule has 1 aliphatic carbocycles. The van der Waals surface area contributed by atoms with Crippen LogP contribution >= 0.6 is 0 Å². The third kappa shape index (κ3) is 8.23. The van der Waals surface area contributed by atoms with Crippen LogP contribution in [0.5, 0.6) is 0 Å². The summed E-state index contributed by atoms with van der Waals surface area (Å²) in [4.78, 5) is 0. The van der Waals surface area contributed by atoms with Crippen LogP contribution in [0.3, 0.4) is 0 Å². The zero-order valence-corrected chi connectivity index (χ0v) is 9.83. The first-order valence-corrected chi connectivity index (χ1v) is 6.48. The van der Waals surface area contributed by atoms with Crippen molar-refractivity contribution in [2.45, 2.75) is 57.8 Å². The third-order valence-electron chi connectivity index (χ3n) is 2.85. The van der Waals surface area contributed by atoms with Gasteiger partial charge in [0.15, 0.2) is 0 Å². The average molecular weight is 204 g/mol. The standard InChI is InChI=1S/C15H24/c1-2-4-6-8-10-12-14-15-13-11-9-7-5-3-1/h1-6H,7-15H2/b2-1-,5-3-,6-4-. The molecule has 0 atom stereocenters. The minimum atomic E-state index is 1.24. The maximum Gasteiger partial charge on any atom is -0.0348 e. The number of hydrogen-bond donors (Lipinski definition) is 0. The molecule has 0 unspecified atom stereocenters. The van der Waals surface area contributed by atoms with Gasteiger partial charge in [-0.1, -0.05) is 68.6 Å². The fourth-order valence-corrected chi connectivity index (χ4v) is 1.89. The van der Waals surface area contributed by atoms with Gasteiger partial charge >= 0.3 is 0 Å². The van der Waals surface area contributed by atoms with Crippen molar-refractivity contribution in [2.24, 2.45) is 0 Å². The maximum atomic E-state index is 2.28. The SMILES string of the molecule is C1=C\C=C/CCCCCCCCC\C=C/1. The summed E-state index contributed by atoms with van der Waals surface area (Å²) in [6.07, 6.45) is 25.5. The number of rotatable bonds is 0. The Kier molecular flexibility index (Phi) is 8.00. The second kappa shape index (κ2) is 9.76. The summed E-state index contributed by atoms with van der Waals surface area (Å²) >= 11 is 0. The number of allylic oxidation sites excluding steroid dienone is 6. The van der Waals surface area contributed by atoms with E-state index in [-0.39, 0.29) is 0 Å². The second-order valence-corrected chi connectivity index (χ2v) is 4.29. The van der Waals surface area contributed by atoms with Crippen molar-refractivity contribution in [3.8, 4) is 0 Å². The molecule has 0 amide bonds. The van der Waals surface area contributed by atoms with Gasteiger partial charge in [0.1, 0.15) is 0 Å². The molecule has 0 nitrogen and oxygen atoms in total. The molecule has 0 aromatic rings. The van der Waals surface area contributed by atoms with E-state index >= 15 is 0 Å². The van der Waals surface area contributed by atoms with E-state index in [2.05, 4.69) is 36.5 Å². The van der Waals surface area contributed by atoms with Crippen LogP contribution in [0.2, 0.25) is 0 Å². The van der Waals surface area contributed by atoms with Crippen LogP contribution in [-0.2, 0) is 0 Å². The van der Waals surface area contributed by atoms with Crippen LogP contribution in [0.15, 0.2) is 36.5 Å². The van der Waals surface area contributed by atoms with Crippen LogP contribution in [-0.4, -0.2) is 0 Å². The molecule has 0 heterocycles. The highest BCUT2D eigenvalue weighted by Crippen LogP contribution is 2.10. The van der Waals surface area contributed by atoms with E-state index in [9.17, 15) is 0 Å². The summed E-state index contributed by atoms with van der Waals surface area (Å²) < 4.78 is 0. The Morgan fingerprint density at radius 1 is 0.400 bits per heavy atom. The van der Waals surface area contributed by atoms with Gasteiger partial charge in [-0.25, -0.2) is 0 Å². The van der Waals surface area contributed by atoms with Gasteiger partial charge in [0.05, 0.1) is 0 Å². The molecule has 0 radical (unpaired) electrons. The van der Waals surface area contributed by atoms with Gasteiger partial charge in [0.2, 0.25) is 0 Å². The Morgan fingerprint density at radius 2 is 0.800 bits per heavy atom. The molecular weight excluding hydrogens is 180 g/mol. The average Bonchev–Trinajstić information content (AvgIpc) is 2.27. The number of hydrogen-bond acceptors (Lipinski definition) is 0. The second-order valence-electron chi connectivity index (χ2n) is 4.29. The highest BCUT2D eigenvalue weighted by atomic mass is 14.0. The topological polar surface area (TPSA) is 0 Å². The van der Waals surface area contributed by atoms with Crippen LogP contribution in [0.1, 0.15) is 57.8 Å². The summed E-state index contributed by atoms with van der Waals surface area (Å²) in [6, 6.07) is 0. The van der Waals surface area contributed by atoms with Crippen molar-refractivity contribution in [3.63, 3.8) is 0 Å². The molecule has 0 saturated carbocycles. The summed E-state index contributed by atoms with van der Waals surface area (Å²) in [5, 5.41) is 0. The Hall–Kier alpha value is -0.780. The molecule has 84 valence electrons. The van der Waals surface area contributed by atoms with Crippen LogP contribution < -0.4 is 0 Å². The molecule has 0 heteroatoms. The zero-order chi connectivity index (χ0) is 10.6. The first-order chi connectivity index (χ1) is 7.50. The lowest BCUT2D eigenvalue weighted by molar-refractivity contribution is 0.584. The van der Waals surface area contributed by atoms with Crippen molar-refractivity contribution < 1.29 is 0 Å². The van der Waals surface area contributed by atoms with Crippen molar-refractivity contribution >= 4 is 0 Å². The van der Waals surface area contributed by atoms with E-state index in [0.29, 0.717) is 0 Å². The maximum absolute atomic E-state index is 2.28. The van der Waals surface area contributed by atoms with Crippen molar-refractivity contribution in [1.82, 2.24) is 0 Å². The lowest BCUT2D eigenvalue weighted by Gasteiger charge is -1.99. The smallest absolute Gasteiger partial charge is 0.0348 e. The lowest BCUT2D eigenvalue weighted by Crippen LogP contribution is -1.80. The van der Waals surface area contributed by atoms with E-state index in [1.165, 1.54) is 57.8 Å². The van der Waals surface area contributed by atoms with Gasteiger partial charge in [0.25, 0.3) is 0 Å². The van der Waals surface area contributed by atoms with Gasteiger partial charge in [-0.05, 0) is 25.7 Å². The monoisotopic (exact) mass is 204 g/mol. The Morgan fingerprint density at radius 3 is 1.27 bits per heavy atom. The molecule has 0 N–H and O–H groups in total. The van der Waals surface area contributed by atoms with E-state index < -0.39 is 0 Å². The summed E-state index contributed by atoms with van der Waals surface area (Å²) in [6.45, 7) is 0. The first-order valence-electron chi connectivity index (χ1n) is 6.48. The Bertz CT molecular complexity index is 186. The summed E-state index contributed by atoms with van der Waals surface area (Å²) in [5.41, 5.74) is 0. The highest BCUT2D eigenvalue weighted by Gasteiger charge is 1.90. The predicted molar refractivity (Wildman–Crippen MR) is 69.0 cm³/mol. The molecule has 1 aliphatic rings. The van der Waals surface area contributed by atoms with Gasteiger partial charge in [0, 0.05) is 0 Å². The van der Waals surface area contributed by atoms with Gasteiger partial charge in [-0.3, -0.25) is 0 Å². The molecule has 0 bridgehead atoms. The molecule has 0 fully saturated rings. The minimum absolute atomic E-state index is 1.24. The van der Waals surface area contributed by atoms with Gasteiger partial charge in [-0.2, -0.15) is 0 Å². The van der Waals surface area contributed by atoms with Crippen LogP contribution in [0.4, 0.5) is 0 Å². The fourth-order valence-electron chi connectivity index (χ4n) is 1.89. The van der Waals surface area contributed by atoms with E-state index in [1.54, 1.807) is 0 Å². The third-order valence-corrected chi connectivity index (χ3v) is 2.85. The predicted octanol–water partition coefficient (Wildman–Crippen LogP) is 5.18. The molecule has 0 aromatic carbocycles. The Labute approximate surface area is 94.8 Å². The zero-order valence-electron chi connectivity index (χ0n) is 9.83. The van der Waals surface area contributed by atoms with Gasteiger partial charge < -0.3 is 0 Å². The molecule has 1 rings (SSSR count). The van der Waals surface area contributed by atoms with Gasteiger partial charge in [-0.15, -0.1) is 0 Å². The molecular formula is C15H24.